The van der Waals surface area contributed by atoms with Gasteiger partial charge in [0.2, 0.25) is 11.6 Å². The predicted octanol–water partition coefficient (Wildman–Crippen LogP) is 4.19. The van der Waals surface area contributed by atoms with Gasteiger partial charge in [-0.15, -0.1) is 0 Å². The average Bonchev–Trinajstić information content (AvgIpc) is 2.99. The fraction of sp³-hybridized carbons (Fsp3) is 0.133. The van der Waals surface area contributed by atoms with Crippen LogP contribution in [-0.4, -0.2) is 20.0 Å². The Morgan fingerprint density at radius 1 is 1.11 bits per heavy atom. The molecule has 140 valence electrons. The third-order valence-electron chi connectivity index (χ3n) is 3.35. The molecule has 0 saturated heterocycles. The lowest BCUT2D eigenvalue weighted by molar-refractivity contribution is -0.383. The largest absolute Gasteiger partial charge is 0.416 e. The van der Waals surface area contributed by atoms with Crippen LogP contribution in [0.2, 0.25) is 0 Å². The molecule has 0 aliphatic rings. The second kappa shape index (κ2) is 6.90. The topological polar surface area (TPSA) is 119 Å². The van der Waals surface area contributed by atoms with Crippen LogP contribution in [0, 0.1) is 17.0 Å². The lowest BCUT2D eigenvalue weighted by atomic mass is 10.2. The summed E-state index contributed by atoms with van der Waals surface area (Å²) in [6.07, 6.45) is -3.42. The van der Waals surface area contributed by atoms with Crippen molar-refractivity contribution in [1.82, 2.24) is 15.1 Å². The molecule has 0 bridgehead atoms. The Morgan fingerprint density at radius 2 is 1.74 bits per heavy atom. The lowest BCUT2D eigenvalue weighted by Crippen LogP contribution is -2.06. The smallest absolute Gasteiger partial charge is 0.360 e. The Balaban J connectivity index is 1.91. The standard InChI is InChI=1S/C15H11F3N6O3/c1-8-6-11(23-27-8)22-14-12(24(25)26)13(19-7-20-14)21-10-4-2-9(3-5-10)15(16,17)18/h2-7H,1H3,(H2,19,20,21,22,23). The Morgan fingerprint density at radius 3 is 2.26 bits per heavy atom. The Labute approximate surface area is 149 Å². The van der Waals surface area contributed by atoms with E-state index in [-0.39, 0.29) is 23.1 Å². The second-order valence-electron chi connectivity index (χ2n) is 5.32. The molecular formula is C15H11F3N6O3. The molecule has 0 radical (unpaired) electrons. The molecule has 0 atom stereocenters. The highest BCUT2D eigenvalue weighted by Crippen LogP contribution is 2.34. The van der Waals surface area contributed by atoms with Crippen molar-refractivity contribution >= 4 is 28.8 Å². The molecule has 0 spiro atoms. The van der Waals surface area contributed by atoms with Crippen LogP contribution in [-0.2, 0) is 6.18 Å². The van der Waals surface area contributed by atoms with E-state index in [9.17, 15) is 23.3 Å². The molecule has 12 heteroatoms. The average molecular weight is 380 g/mol. The molecule has 2 heterocycles. The molecule has 1 aromatic carbocycles. The second-order valence-corrected chi connectivity index (χ2v) is 5.32. The van der Waals surface area contributed by atoms with Crippen molar-refractivity contribution in [2.45, 2.75) is 13.1 Å². The number of benzene rings is 1. The number of nitro groups is 1. The SMILES string of the molecule is Cc1cc(Nc2ncnc(Nc3ccc(C(F)(F)F)cc3)c2[N+](=O)[O-])no1. The van der Waals surface area contributed by atoms with E-state index >= 15 is 0 Å². The first-order valence-electron chi connectivity index (χ1n) is 7.38. The number of nitrogens with zero attached hydrogens (tertiary/aromatic N) is 4. The van der Waals surface area contributed by atoms with Crippen molar-refractivity contribution in [1.29, 1.82) is 0 Å². The number of aromatic nitrogens is 3. The van der Waals surface area contributed by atoms with E-state index in [0.717, 1.165) is 30.6 Å². The third-order valence-corrected chi connectivity index (χ3v) is 3.35. The number of alkyl halides is 3. The van der Waals surface area contributed by atoms with Gasteiger partial charge in [-0.1, -0.05) is 5.16 Å². The molecule has 0 aliphatic carbocycles. The van der Waals surface area contributed by atoms with Crippen LogP contribution in [0.15, 0.2) is 41.2 Å². The quantitative estimate of drug-likeness (QED) is 0.500. The van der Waals surface area contributed by atoms with Gasteiger partial charge in [0.25, 0.3) is 0 Å². The normalized spacial score (nSPS) is 11.3. The van der Waals surface area contributed by atoms with Crippen molar-refractivity contribution in [3.8, 4) is 0 Å². The van der Waals surface area contributed by atoms with Gasteiger partial charge in [-0.25, -0.2) is 9.97 Å². The molecule has 27 heavy (non-hydrogen) atoms. The van der Waals surface area contributed by atoms with Crippen LogP contribution in [0.4, 0.5) is 42.0 Å². The molecule has 3 rings (SSSR count). The monoisotopic (exact) mass is 380 g/mol. The van der Waals surface area contributed by atoms with E-state index in [1.165, 1.54) is 6.07 Å². The van der Waals surface area contributed by atoms with Gasteiger partial charge in [0.15, 0.2) is 5.82 Å². The minimum Gasteiger partial charge on any atom is -0.360 e. The maximum Gasteiger partial charge on any atom is 0.416 e. The number of nitrogens with one attached hydrogen (secondary N) is 2. The van der Waals surface area contributed by atoms with Crippen LogP contribution < -0.4 is 10.6 Å². The minimum atomic E-state index is -4.48. The van der Waals surface area contributed by atoms with Crippen LogP contribution in [0.25, 0.3) is 0 Å². The zero-order chi connectivity index (χ0) is 19.6. The summed E-state index contributed by atoms with van der Waals surface area (Å²) in [4.78, 5) is 18.4. The van der Waals surface area contributed by atoms with Crippen LogP contribution in [0.5, 0.6) is 0 Å². The van der Waals surface area contributed by atoms with E-state index in [1.807, 2.05) is 0 Å². The molecule has 2 N–H and O–H groups in total. The molecule has 0 aliphatic heterocycles. The van der Waals surface area contributed by atoms with Gasteiger partial charge < -0.3 is 15.2 Å². The summed E-state index contributed by atoms with van der Waals surface area (Å²) in [7, 11) is 0. The summed E-state index contributed by atoms with van der Waals surface area (Å²) in [5.41, 5.74) is -1.15. The number of hydrogen-bond acceptors (Lipinski definition) is 8. The fourth-order valence-electron chi connectivity index (χ4n) is 2.16. The van der Waals surface area contributed by atoms with Gasteiger partial charge in [0, 0.05) is 11.8 Å². The highest BCUT2D eigenvalue weighted by atomic mass is 19.4. The van der Waals surface area contributed by atoms with E-state index in [2.05, 4.69) is 25.8 Å². The fourth-order valence-corrected chi connectivity index (χ4v) is 2.16. The first kappa shape index (κ1) is 18.1. The van der Waals surface area contributed by atoms with Crippen molar-refractivity contribution < 1.29 is 22.6 Å². The maximum absolute atomic E-state index is 12.6. The summed E-state index contributed by atoms with van der Waals surface area (Å²) < 4.78 is 42.7. The van der Waals surface area contributed by atoms with Crippen LogP contribution in [0.3, 0.4) is 0 Å². The maximum atomic E-state index is 12.6. The number of hydrogen-bond donors (Lipinski definition) is 2. The van der Waals surface area contributed by atoms with Gasteiger partial charge in [-0.05, 0) is 31.2 Å². The summed E-state index contributed by atoms with van der Waals surface area (Å²) in [6.45, 7) is 1.64. The van der Waals surface area contributed by atoms with Gasteiger partial charge >= 0.3 is 11.9 Å². The zero-order valence-electron chi connectivity index (χ0n) is 13.6. The molecule has 0 unspecified atom stereocenters. The van der Waals surface area contributed by atoms with Gasteiger partial charge in [-0.2, -0.15) is 13.2 Å². The zero-order valence-corrected chi connectivity index (χ0v) is 13.6. The van der Waals surface area contributed by atoms with Gasteiger partial charge in [-0.3, -0.25) is 10.1 Å². The van der Waals surface area contributed by atoms with E-state index in [1.54, 1.807) is 6.92 Å². The van der Waals surface area contributed by atoms with E-state index in [4.69, 9.17) is 4.52 Å². The first-order chi connectivity index (χ1) is 12.7. The van der Waals surface area contributed by atoms with Gasteiger partial charge in [0.1, 0.15) is 12.1 Å². The lowest BCUT2D eigenvalue weighted by Gasteiger charge is -2.10. The van der Waals surface area contributed by atoms with Crippen LogP contribution >= 0.6 is 0 Å². The van der Waals surface area contributed by atoms with Crippen LogP contribution in [0.1, 0.15) is 11.3 Å². The number of aryl methyl sites for hydroxylation is 1. The Bertz CT molecular complexity index is 972. The summed E-state index contributed by atoms with van der Waals surface area (Å²) in [5.74, 6) is 0.335. The molecule has 2 aromatic heterocycles. The number of halogens is 3. The molecular weight excluding hydrogens is 369 g/mol. The molecule has 3 aromatic rings. The Hall–Kier alpha value is -3.70. The minimum absolute atomic E-state index is 0.155. The molecule has 0 amide bonds. The first-order valence-corrected chi connectivity index (χ1v) is 7.38. The molecule has 0 saturated carbocycles. The van der Waals surface area contributed by atoms with Crippen molar-refractivity contribution in [3.05, 3.63) is 58.1 Å². The molecule has 9 nitrogen and oxygen atoms in total. The highest BCUT2D eigenvalue weighted by Gasteiger charge is 2.30. The van der Waals surface area contributed by atoms with Crippen molar-refractivity contribution in [3.63, 3.8) is 0 Å². The van der Waals surface area contributed by atoms with Crippen molar-refractivity contribution in [2.24, 2.45) is 0 Å². The highest BCUT2D eigenvalue weighted by molar-refractivity contribution is 5.76. The molecule has 0 fully saturated rings. The summed E-state index contributed by atoms with van der Waals surface area (Å²) in [5, 5.41) is 20.4. The van der Waals surface area contributed by atoms with E-state index < -0.39 is 22.4 Å². The van der Waals surface area contributed by atoms with E-state index in [0.29, 0.717) is 5.76 Å². The number of anilines is 4. The van der Waals surface area contributed by atoms with Crippen molar-refractivity contribution in [2.75, 3.05) is 10.6 Å². The predicted molar refractivity (Wildman–Crippen MR) is 87.9 cm³/mol. The van der Waals surface area contributed by atoms with Gasteiger partial charge in [0.05, 0.1) is 10.5 Å². The summed E-state index contributed by atoms with van der Waals surface area (Å²) >= 11 is 0. The summed E-state index contributed by atoms with van der Waals surface area (Å²) in [6, 6.07) is 5.50. The number of rotatable bonds is 5. The Kier molecular flexibility index (Phi) is 4.62. The third kappa shape index (κ3) is 4.11.